The van der Waals surface area contributed by atoms with Crippen LogP contribution < -0.4 is 5.32 Å². The Hall–Kier alpha value is -1.58. The molecule has 1 aromatic rings. The second-order valence-corrected chi connectivity index (χ2v) is 3.95. The highest BCUT2D eigenvalue weighted by Crippen LogP contribution is 2.34. The van der Waals surface area contributed by atoms with E-state index in [0.717, 1.165) is 12.8 Å². The highest BCUT2D eigenvalue weighted by atomic mass is 16.3. The van der Waals surface area contributed by atoms with E-state index in [-0.39, 0.29) is 17.2 Å². The number of carbonyl (C=O) groups is 1. The van der Waals surface area contributed by atoms with Gasteiger partial charge in [0.25, 0.3) is 5.91 Å². The van der Waals surface area contributed by atoms with Crippen LogP contribution in [0.2, 0.25) is 0 Å². The summed E-state index contributed by atoms with van der Waals surface area (Å²) >= 11 is 0. The van der Waals surface area contributed by atoms with E-state index >= 15 is 0 Å². The summed E-state index contributed by atoms with van der Waals surface area (Å²) in [6, 6.07) is 1.41. The largest absolute Gasteiger partial charge is 0.506 e. The van der Waals surface area contributed by atoms with Crippen LogP contribution in [-0.2, 0) is 0 Å². The van der Waals surface area contributed by atoms with Gasteiger partial charge in [0.05, 0.1) is 11.8 Å². The number of amides is 1. The van der Waals surface area contributed by atoms with Crippen LogP contribution in [0, 0.1) is 0 Å². The molecule has 14 heavy (non-hydrogen) atoms. The zero-order valence-corrected chi connectivity index (χ0v) is 7.95. The fourth-order valence-electron chi connectivity index (χ4n) is 1.21. The minimum Gasteiger partial charge on any atom is -0.506 e. The molecule has 0 aromatic carbocycles. The molecular formula is C10H12N2O2. The Morgan fingerprint density at radius 1 is 1.57 bits per heavy atom. The van der Waals surface area contributed by atoms with Crippen molar-refractivity contribution in [2.45, 2.75) is 25.3 Å². The van der Waals surface area contributed by atoms with Crippen LogP contribution in [-0.4, -0.2) is 21.5 Å². The molecule has 0 atom stereocenters. The third-order valence-electron chi connectivity index (χ3n) is 2.40. The molecule has 0 saturated heterocycles. The molecule has 0 unspecified atom stereocenters. The molecule has 1 heterocycles. The van der Waals surface area contributed by atoms with Crippen molar-refractivity contribution in [3.05, 3.63) is 24.0 Å². The van der Waals surface area contributed by atoms with Gasteiger partial charge in [0.15, 0.2) is 0 Å². The van der Waals surface area contributed by atoms with Crippen molar-refractivity contribution >= 4 is 5.91 Å². The number of carbonyl (C=O) groups excluding carboxylic acids is 1. The topological polar surface area (TPSA) is 62.2 Å². The standard InChI is InChI=1S/C10H12N2O2/c1-10(2-3-10)12-9(14)7-4-8(13)6-11-5-7/h4-6,13H,2-3H2,1H3,(H,12,14). The number of aromatic nitrogens is 1. The van der Waals surface area contributed by atoms with Crippen molar-refractivity contribution in [3.8, 4) is 5.75 Å². The smallest absolute Gasteiger partial charge is 0.253 e. The van der Waals surface area contributed by atoms with E-state index in [1.54, 1.807) is 0 Å². The molecule has 0 aliphatic heterocycles. The molecule has 1 aromatic heterocycles. The quantitative estimate of drug-likeness (QED) is 0.736. The van der Waals surface area contributed by atoms with Gasteiger partial charge in [-0.2, -0.15) is 0 Å². The van der Waals surface area contributed by atoms with Crippen LogP contribution in [0.15, 0.2) is 18.5 Å². The molecule has 1 saturated carbocycles. The van der Waals surface area contributed by atoms with Crippen LogP contribution >= 0.6 is 0 Å². The van der Waals surface area contributed by atoms with Crippen molar-refractivity contribution in [2.24, 2.45) is 0 Å². The van der Waals surface area contributed by atoms with Crippen molar-refractivity contribution < 1.29 is 9.90 Å². The fourth-order valence-corrected chi connectivity index (χ4v) is 1.21. The third-order valence-corrected chi connectivity index (χ3v) is 2.40. The summed E-state index contributed by atoms with van der Waals surface area (Å²) in [7, 11) is 0. The van der Waals surface area contributed by atoms with Gasteiger partial charge in [-0.25, -0.2) is 0 Å². The Labute approximate surface area is 82.0 Å². The molecular weight excluding hydrogens is 180 g/mol. The summed E-state index contributed by atoms with van der Waals surface area (Å²) in [5.74, 6) is -0.160. The SMILES string of the molecule is CC1(NC(=O)c2cncc(O)c2)CC1. The van der Waals surface area contributed by atoms with E-state index < -0.39 is 0 Å². The fraction of sp³-hybridized carbons (Fsp3) is 0.400. The Kier molecular flexibility index (Phi) is 1.91. The molecule has 0 radical (unpaired) electrons. The number of nitrogens with one attached hydrogen (secondary N) is 1. The Morgan fingerprint density at radius 2 is 2.29 bits per heavy atom. The second-order valence-electron chi connectivity index (χ2n) is 3.95. The molecule has 74 valence electrons. The lowest BCUT2D eigenvalue weighted by Crippen LogP contribution is -2.34. The van der Waals surface area contributed by atoms with Crippen LogP contribution in [0.3, 0.4) is 0 Å². The lowest BCUT2D eigenvalue weighted by Gasteiger charge is -2.10. The van der Waals surface area contributed by atoms with Gasteiger partial charge in [0.2, 0.25) is 0 Å². The number of pyridine rings is 1. The van der Waals surface area contributed by atoms with Gasteiger partial charge in [-0.1, -0.05) is 0 Å². The van der Waals surface area contributed by atoms with Crippen molar-refractivity contribution in [1.82, 2.24) is 10.3 Å². The minimum atomic E-state index is -0.173. The summed E-state index contributed by atoms with van der Waals surface area (Å²) in [6.07, 6.45) is 4.78. The summed E-state index contributed by atoms with van der Waals surface area (Å²) in [4.78, 5) is 15.3. The third kappa shape index (κ3) is 1.84. The molecule has 2 rings (SSSR count). The normalized spacial score (nSPS) is 17.5. The number of rotatable bonds is 2. The van der Waals surface area contributed by atoms with Gasteiger partial charge >= 0.3 is 0 Å². The zero-order valence-electron chi connectivity index (χ0n) is 7.95. The first kappa shape index (κ1) is 8.99. The maximum Gasteiger partial charge on any atom is 0.253 e. The molecule has 1 amide bonds. The molecule has 0 spiro atoms. The molecule has 0 bridgehead atoms. The number of nitrogens with zero attached hydrogens (tertiary/aromatic N) is 1. The van der Waals surface area contributed by atoms with Gasteiger partial charge in [-0.05, 0) is 25.8 Å². The Balaban J connectivity index is 2.11. The van der Waals surface area contributed by atoms with E-state index in [1.807, 2.05) is 6.92 Å². The summed E-state index contributed by atoms with van der Waals surface area (Å²) in [5.41, 5.74) is 0.362. The van der Waals surface area contributed by atoms with Gasteiger partial charge in [-0.3, -0.25) is 9.78 Å². The highest BCUT2D eigenvalue weighted by molar-refractivity contribution is 5.94. The maximum atomic E-state index is 11.6. The predicted molar refractivity (Wildman–Crippen MR) is 51.0 cm³/mol. The van der Waals surface area contributed by atoms with Crippen LogP contribution in [0.25, 0.3) is 0 Å². The van der Waals surface area contributed by atoms with E-state index in [2.05, 4.69) is 10.3 Å². The molecule has 4 nitrogen and oxygen atoms in total. The summed E-state index contributed by atoms with van der Waals surface area (Å²) in [5, 5.41) is 12.0. The van der Waals surface area contributed by atoms with Gasteiger partial charge in [0, 0.05) is 11.7 Å². The zero-order chi connectivity index (χ0) is 10.2. The Morgan fingerprint density at radius 3 is 2.86 bits per heavy atom. The first-order valence-electron chi connectivity index (χ1n) is 4.56. The van der Waals surface area contributed by atoms with Crippen molar-refractivity contribution in [3.63, 3.8) is 0 Å². The average Bonchev–Trinajstić information content (AvgIpc) is 2.83. The van der Waals surface area contributed by atoms with Crippen molar-refractivity contribution in [2.75, 3.05) is 0 Å². The average molecular weight is 192 g/mol. The van der Waals surface area contributed by atoms with Gasteiger partial charge in [-0.15, -0.1) is 0 Å². The lowest BCUT2D eigenvalue weighted by atomic mass is 10.2. The number of hydrogen-bond donors (Lipinski definition) is 2. The van der Waals surface area contributed by atoms with Gasteiger partial charge < -0.3 is 10.4 Å². The van der Waals surface area contributed by atoms with Crippen LogP contribution in [0.1, 0.15) is 30.1 Å². The van der Waals surface area contributed by atoms with E-state index in [1.165, 1.54) is 18.5 Å². The van der Waals surface area contributed by atoms with E-state index in [9.17, 15) is 4.79 Å². The minimum absolute atomic E-state index is 0.0126. The van der Waals surface area contributed by atoms with Gasteiger partial charge in [0.1, 0.15) is 5.75 Å². The highest BCUT2D eigenvalue weighted by Gasteiger charge is 2.38. The first-order valence-corrected chi connectivity index (χ1v) is 4.56. The predicted octanol–water partition coefficient (Wildman–Crippen LogP) is 1.07. The molecule has 1 aliphatic carbocycles. The van der Waals surface area contributed by atoms with Crippen molar-refractivity contribution in [1.29, 1.82) is 0 Å². The monoisotopic (exact) mass is 192 g/mol. The molecule has 1 aliphatic rings. The summed E-state index contributed by atoms with van der Waals surface area (Å²) < 4.78 is 0. The van der Waals surface area contributed by atoms with Crippen LogP contribution in [0.4, 0.5) is 0 Å². The molecule has 1 fully saturated rings. The number of hydrogen-bond acceptors (Lipinski definition) is 3. The first-order chi connectivity index (χ1) is 6.59. The molecule has 2 N–H and O–H groups in total. The van der Waals surface area contributed by atoms with E-state index in [4.69, 9.17) is 5.11 Å². The molecule has 4 heteroatoms. The maximum absolute atomic E-state index is 11.6. The lowest BCUT2D eigenvalue weighted by molar-refractivity contribution is 0.0934. The number of aromatic hydroxyl groups is 1. The Bertz CT molecular complexity index is 372. The summed E-state index contributed by atoms with van der Waals surface area (Å²) in [6.45, 7) is 2.00. The van der Waals surface area contributed by atoms with Crippen LogP contribution in [0.5, 0.6) is 5.75 Å². The second kappa shape index (κ2) is 2.97. The van der Waals surface area contributed by atoms with E-state index in [0.29, 0.717) is 5.56 Å².